The van der Waals surface area contributed by atoms with Crippen LogP contribution in [0, 0.1) is 6.92 Å². The summed E-state index contributed by atoms with van der Waals surface area (Å²) in [7, 11) is 0. The summed E-state index contributed by atoms with van der Waals surface area (Å²) in [6.07, 6.45) is 4.16. The van der Waals surface area contributed by atoms with Crippen LogP contribution in [0.25, 0.3) is 0 Å². The van der Waals surface area contributed by atoms with E-state index in [0.717, 1.165) is 42.9 Å². The maximum atomic E-state index is 12.9. The lowest BCUT2D eigenvalue weighted by Crippen LogP contribution is -2.38. The molecule has 0 aliphatic carbocycles. The van der Waals surface area contributed by atoms with Crippen molar-refractivity contribution in [3.05, 3.63) is 41.7 Å². The number of hydrogen-bond donors (Lipinski definition) is 1. The van der Waals surface area contributed by atoms with E-state index in [9.17, 15) is 4.79 Å². The molecular formula is C18H23ClN4O2. The van der Waals surface area contributed by atoms with Crippen LogP contribution >= 0.6 is 12.4 Å². The van der Waals surface area contributed by atoms with E-state index in [2.05, 4.69) is 10.4 Å². The van der Waals surface area contributed by atoms with E-state index >= 15 is 0 Å². The van der Waals surface area contributed by atoms with Crippen molar-refractivity contribution >= 4 is 24.0 Å². The number of amides is 1. The summed E-state index contributed by atoms with van der Waals surface area (Å²) in [6, 6.07) is 8.07. The van der Waals surface area contributed by atoms with Gasteiger partial charge in [0.05, 0.1) is 18.3 Å². The molecule has 134 valence electrons. The van der Waals surface area contributed by atoms with E-state index in [-0.39, 0.29) is 18.3 Å². The van der Waals surface area contributed by atoms with Gasteiger partial charge in [0.15, 0.2) is 5.69 Å². The normalized spacial score (nSPS) is 19.6. The molecule has 25 heavy (non-hydrogen) atoms. The number of fused-ring (bicyclic) bond motifs is 1. The molecule has 0 bridgehead atoms. The van der Waals surface area contributed by atoms with Crippen LogP contribution in [-0.2, 0) is 0 Å². The van der Waals surface area contributed by atoms with Gasteiger partial charge in [-0.3, -0.25) is 9.48 Å². The topological polar surface area (TPSA) is 59.4 Å². The van der Waals surface area contributed by atoms with Crippen LogP contribution in [0.3, 0.4) is 0 Å². The van der Waals surface area contributed by atoms with E-state index in [1.54, 1.807) is 4.90 Å². The third-order valence-electron chi connectivity index (χ3n) is 4.70. The second-order valence-corrected chi connectivity index (χ2v) is 6.46. The number of nitrogens with zero attached hydrogens (tertiary/aromatic N) is 3. The van der Waals surface area contributed by atoms with E-state index in [0.29, 0.717) is 24.9 Å². The second kappa shape index (κ2) is 7.45. The van der Waals surface area contributed by atoms with Gasteiger partial charge in [0, 0.05) is 12.7 Å². The average Bonchev–Trinajstić information content (AvgIpc) is 3.11. The SMILES string of the molecule is Cc1ccc2c(c1)OCCN2C(=O)c1ccn(C2CCCNC2)n1.Cl. The molecule has 4 rings (SSSR count). The first-order chi connectivity index (χ1) is 11.7. The number of anilines is 1. The van der Waals surface area contributed by atoms with Crippen LogP contribution in [-0.4, -0.2) is 41.9 Å². The summed E-state index contributed by atoms with van der Waals surface area (Å²) >= 11 is 0. The Morgan fingerprint density at radius 3 is 3.04 bits per heavy atom. The Kier molecular flexibility index (Phi) is 5.30. The van der Waals surface area contributed by atoms with Crippen molar-refractivity contribution in [3.63, 3.8) is 0 Å². The largest absolute Gasteiger partial charge is 0.490 e. The van der Waals surface area contributed by atoms with Crippen LogP contribution in [0.4, 0.5) is 5.69 Å². The minimum atomic E-state index is -0.0640. The fourth-order valence-corrected chi connectivity index (χ4v) is 3.39. The summed E-state index contributed by atoms with van der Waals surface area (Å²) in [5.41, 5.74) is 2.44. The molecule has 1 amide bonds. The molecule has 1 unspecified atom stereocenters. The lowest BCUT2D eigenvalue weighted by molar-refractivity contribution is 0.0970. The van der Waals surface area contributed by atoms with Crippen LogP contribution < -0.4 is 15.0 Å². The van der Waals surface area contributed by atoms with Crippen LogP contribution in [0.15, 0.2) is 30.5 Å². The molecule has 2 aromatic rings. The van der Waals surface area contributed by atoms with Gasteiger partial charge in [0.25, 0.3) is 5.91 Å². The molecule has 7 heteroatoms. The number of benzene rings is 1. The number of carbonyl (C=O) groups excluding carboxylic acids is 1. The Morgan fingerprint density at radius 2 is 2.24 bits per heavy atom. The maximum Gasteiger partial charge on any atom is 0.278 e. The number of aryl methyl sites for hydroxylation is 1. The molecule has 1 fully saturated rings. The molecule has 0 saturated carbocycles. The van der Waals surface area contributed by atoms with Gasteiger partial charge < -0.3 is 15.0 Å². The quantitative estimate of drug-likeness (QED) is 0.892. The second-order valence-electron chi connectivity index (χ2n) is 6.46. The monoisotopic (exact) mass is 362 g/mol. The standard InChI is InChI=1S/C18H22N4O2.ClH/c1-13-4-5-16-17(11-13)24-10-9-21(16)18(23)15-6-8-22(20-15)14-3-2-7-19-12-14;/h4-6,8,11,14,19H,2-3,7,9-10,12H2,1H3;1H. The molecule has 1 atom stereocenters. The zero-order valence-electron chi connectivity index (χ0n) is 14.3. The summed E-state index contributed by atoms with van der Waals surface area (Å²) in [5, 5.41) is 7.92. The Labute approximate surface area is 153 Å². The Bertz CT molecular complexity index is 755. The molecule has 1 N–H and O–H groups in total. The molecule has 1 saturated heterocycles. The lowest BCUT2D eigenvalue weighted by atomic mass is 10.1. The zero-order chi connectivity index (χ0) is 16.5. The van der Waals surface area contributed by atoms with Crippen molar-refractivity contribution in [2.75, 3.05) is 31.1 Å². The molecule has 2 aliphatic rings. The zero-order valence-corrected chi connectivity index (χ0v) is 15.1. The first kappa shape index (κ1) is 17.8. The number of ether oxygens (including phenoxy) is 1. The summed E-state index contributed by atoms with van der Waals surface area (Å²) in [5.74, 6) is 0.705. The Balaban J connectivity index is 0.00000182. The minimum absolute atomic E-state index is 0. The predicted molar refractivity (Wildman–Crippen MR) is 99.0 cm³/mol. The molecule has 6 nitrogen and oxygen atoms in total. The number of rotatable bonds is 2. The van der Waals surface area contributed by atoms with Crippen molar-refractivity contribution in [3.8, 4) is 5.75 Å². The third kappa shape index (κ3) is 3.50. The highest BCUT2D eigenvalue weighted by Crippen LogP contribution is 2.33. The van der Waals surface area contributed by atoms with E-state index in [1.165, 1.54) is 0 Å². The Morgan fingerprint density at radius 1 is 1.36 bits per heavy atom. The van der Waals surface area contributed by atoms with Gasteiger partial charge in [-0.2, -0.15) is 5.10 Å². The van der Waals surface area contributed by atoms with Gasteiger partial charge in [0.2, 0.25) is 0 Å². The molecule has 3 heterocycles. The first-order valence-corrected chi connectivity index (χ1v) is 8.53. The molecule has 2 aliphatic heterocycles. The molecular weight excluding hydrogens is 340 g/mol. The van der Waals surface area contributed by atoms with Crippen molar-refractivity contribution in [1.82, 2.24) is 15.1 Å². The molecule has 1 aromatic heterocycles. The average molecular weight is 363 g/mol. The predicted octanol–water partition coefficient (Wildman–Crippen LogP) is 2.58. The van der Waals surface area contributed by atoms with Gasteiger partial charge in [-0.1, -0.05) is 6.07 Å². The van der Waals surface area contributed by atoms with Crippen LogP contribution in [0.2, 0.25) is 0 Å². The number of carbonyl (C=O) groups is 1. The van der Waals surface area contributed by atoms with Gasteiger partial charge in [-0.05, 0) is 50.1 Å². The molecule has 0 spiro atoms. The highest BCUT2D eigenvalue weighted by Gasteiger charge is 2.27. The molecule has 0 radical (unpaired) electrons. The van der Waals surface area contributed by atoms with Crippen molar-refractivity contribution < 1.29 is 9.53 Å². The fourth-order valence-electron chi connectivity index (χ4n) is 3.39. The number of nitrogens with one attached hydrogen (secondary N) is 1. The van der Waals surface area contributed by atoms with Crippen molar-refractivity contribution in [1.29, 1.82) is 0 Å². The lowest BCUT2D eigenvalue weighted by Gasteiger charge is -2.29. The molecule has 1 aromatic carbocycles. The minimum Gasteiger partial charge on any atom is -0.490 e. The summed E-state index contributed by atoms with van der Waals surface area (Å²) in [6.45, 7) is 5.05. The summed E-state index contributed by atoms with van der Waals surface area (Å²) in [4.78, 5) is 14.7. The van der Waals surface area contributed by atoms with E-state index < -0.39 is 0 Å². The van der Waals surface area contributed by atoms with Crippen molar-refractivity contribution in [2.24, 2.45) is 0 Å². The van der Waals surface area contributed by atoms with Crippen LogP contribution in [0.1, 0.15) is 34.9 Å². The third-order valence-corrected chi connectivity index (χ3v) is 4.70. The fraction of sp³-hybridized carbons (Fsp3) is 0.444. The van der Waals surface area contributed by atoms with Gasteiger partial charge in [-0.15, -0.1) is 12.4 Å². The van der Waals surface area contributed by atoms with Gasteiger partial charge in [0.1, 0.15) is 12.4 Å². The van der Waals surface area contributed by atoms with Crippen molar-refractivity contribution in [2.45, 2.75) is 25.8 Å². The number of hydrogen-bond acceptors (Lipinski definition) is 4. The smallest absolute Gasteiger partial charge is 0.278 e. The first-order valence-electron chi connectivity index (χ1n) is 8.53. The Hall–Kier alpha value is -2.05. The van der Waals surface area contributed by atoms with Gasteiger partial charge >= 0.3 is 0 Å². The van der Waals surface area contributed by atoms with Crippen LogP contribution in [0.5, 0.6) is 5.75 Å². The van der Waals surface area contributed by atoms with E-state index in [4.69, 9.17) is 4.74 Å². The summed E-state index contributed by atoms with van der Waals surface area (Å²) < 4.78 is 7.62. The number of aromatic nitrogens is 2. The highest BCUT2D eigenvalue weighted by molar-refractivity contribution is 6.05. The highest BCUT2D eigenvalue weighted by atomic mass is 35.5. The van der Waals surface area contributed by atoms with E-state index in [1.807, 2.05) is 42.1 Å². The maximum absolute atomic E-state index is 12.9. The van der Waals surface area contributed by atoms with Gasteiger partial charge in [-0.25, -0.2) is 0 Å². The number of halogens is 1. The number of piperidine rings is 1.